The predicted molar refractivity (Wildman–Crippen MR) is 214 cm³/mol. The largest absolute Gasteiger partial charge is 0.508 e. The van der Waals surface area contributed by atoms with Gasteiger partial charge in [-0.3, -0.25) is 20.2 Å². The number of nitrogens with zero attached hydrogens (tertiary/aromatic N) is 3. The molecule has 2 heterocycles. The first kappa shape index (κ1) is 42.3. The number of barbiturate groups is 1. The standard InChI is InChI=1S/C17H20N2S.C14H23NO.C11H16N2O3/c1-13(18(2)3)12-19-14-8-4-6-10-16(14)20-17-11-7-5-9-15(17)19;1-5-14(11(2)10-15(3)4)12-7-6-8-13(16)9-12;1-4-5-11(6-7(2)3)8(14)12-10(16)13-9(11)15/h4-11,13H,12H2,1-3H3;6-9,11,14,16H,5,10H2,1-4H3;4,7H,1,5-6H2,2-3H3,(H2,12,13,14,15,16)/t;11-,14+;/m.0./s1. The van der Waals surface area contributed by atoms with E-state index in [9.17, 15) is 19.5 Å². The maximum absolute atomic E-state index is 11.8. The lowest BCUT2D eigenvalue weighted by Gasteiger charge is -2.36. The fraction of sp³-hybridized carbons (Fsp3) is 0.452. The zero-order valence-corrected chi connectivity index (χ0v) is 33.3. The summed E-state index contributed by atoms with van der Waals surface area (Å²) in [6, 6.07) is 24.8. The molecule has 282 valence electrons. The Morgan fingerprint density at radius 2 is 1.42 bits per heavy atom. The lowest BCUT2D eigenvalue weighted by atomic mass is 9.74. The van der Waals surface area contributed by atoms with E-state index in [2.05, 4.69) is 135 Å². The van der Waals surface area contributed by atoms with Crippen LogP contribution in [0.3, 0.4) is 0 Å². The molecule has 5 rings (SSSR count). The number of amides is 4. The van der Waals surface area contributed by atoms with Gasteiger partial charge in [-0.05, 0) is 114 Å². The molecule has 1 unspecified atom stereocenters. The van der Waals surface area contributed by atoms with Crippen molar-refractivity contribution in [1.82, 2.24) is 20.4 Å². The van der Waals surface area contributed by atoms with Crippen LogP contribution in [0.2, 0.25) is 0 Å². The van der Waals surface area contributed by atoms with Crippen LogP contribution >= 0.6 is 11.8 Å². The number of carbonyl (C=O) groups excluding carboxylic acids is 3. The molecule has 0 saturated carbocycles. The highest BCUT2D eigenvalue weighted by molar-refractivity contribution is 7.99. The van der Waals surface area contributed by atoms with Crippen molar-refractivity contribution in [3.63, 3.8) is 0 Å². The second-order valence-corrected chi connectivity index (χ2v) is 15.8. The van der Waals surface area contributed by atoms with Crippen LogP contribution in [0.5, 0.6) is 5.75 Å². The van der Waals surface area contributed by atoms with E-state index in [1.54, 1.807) is 6.07 Å². The van der Waals surface area contributed by atoms with Crippen LogP contribution in [0, 0.1) is 17.3 Å². The molecule has 52 heavy (non-hydrogen) atoms. The van der Waals surface area contributed by atoms with Crippen molar-refractivity contribution in [1.29, 1.82) is 0 Å². The molecule has 2 aliphatic heterocycles. The predicted octanol–water partition coefficient (Wildman–Crippen LogP) is 8.28. The molecule has 0 spiro atoms. The maximum atomic E-state index is 11.8. The molecule has 1 saturated heterocycles. The van der Waals surface area contributed by atoms with E-state index in [-0.39, 0.29) is 12.3 Å². The zero-order valence-electron chi connectivity index (χ0n) is 32.5. The Morgan fingerprint density at radius 3 is 1.88 bits per heavy atom. The molecule has 2 aliphatic rings. The molecule has 9 nitrogen and oxygen atoms in total. The fourth-order valence-electron chi connectivity index (χ4n) is 6.81. The van der Waals surface area contributed by atoms with Gasteiger partial charge in [0, 0.05) is 28.9 Å². The van der Waals surface area contributed by atoms with Crippen molar-refractivity contribution < 1.29 is 19.5 Å². The number of likely N-dealkylation sites (N-methyl/N-ethyl adjacent to an activating group) is 1. The number of benzene rings is 3. The Labute approximate surface area is 315 Å². The van der Waals surface area contributed by atoms with Gasteiger partial charge in [0.1, 0.15) is 11.2 Å². The van der Waals surface area contributed by atoms with Crippen molar-refractivity contribution in [2.45, 2.75) is 75.6 Å². The highest BCUT2D eigenvalue weighted by Crippen LogP contribution is 2.47. The number of nitrogens with one attached hydrogen (secondary N) is 2. The second-order valence-electron chi connectivity index (χ2n) is 14.7. The smallest absolute Gasteiger partial charge is 0.328 e. The van der Waals surface area contributed by atoms with Gasteiger partial charge in [0.2, 0.25) is 11.8 Å². The lowest BCUT2D eigenvalue weighted by Crippen LogP contribution is -2.62. The Kier molecular flexibility index (Phi) is 16.0. The summed E-state index contributed by atoms with van der Waals surface area (Å²) in [5.41, 5.74) is 2.70. The third kappa shape index (κ3) is 11.2. The number of fused-ring (bicyclic) bond motifs is 2. The van der Waals surface area contributed by atoms with Crippen molar-refractivity contribution in [3.8, 4) is 5.75 Å². The average Bonchev–Trinajstić information content (AvgIpc) is 3.07. The molecule has 3 atom stereocenters. The summed E-state index contributed by atoms with van der Waals surface area (Å²) in [5, 5.41) is 13.8. The molecular weight excluding hydrogens is 671 g/mol. The molecule has 3 aromatic rings. The maximum Gasteiger partial charge on any atom is 0.328 e. The molecular formula is C42H59N5O4S. The Hall–Kier alpha value is -4.12. The van der Waals surface area contributed by atoms with Crippen LogP contribution in [0.4, 0.5) is 16.2 Å². The number of imide groups is 2. The van der Waals surface area contributed by atoms with Crippen LogP contribution in [0.1, 0.15) is 65.4 Å². The molecule has 4 amide bonds. The molecule has 0 radical (unpaired) electrons. The topological polar surface area (TPSA) is 105 Å². The third-order valence-corrected chi connectivity index (χ3v) is 10.6. The van der Waals surface area contributed by atoms with E-state index in [4.69, 9.17) is 0 Å². The summed E-state index contributed by atoms with van der Waals surface area (Å²) < 4.78 is 0. The number of urea groups is 1. The first-order valence-corrected chi connectivity index (χ1v) is 19.0. The number of carbonyl (C=O) groups is 3. The molecule has 10 heteroatoms. The van der Waals surface area contributed by atoms with Gasteiger partial charge in [-0.2, -0.15) is 0 Å². The van der Waals surface area contributed by atoms with Crippen molar-refractivity contribution in [3.05, 3.63) is 91.0 Å². The van der Waals surface area contributed by atoms with Crippen molar-refractivity contribution in [2.24, 2.45) is 17.3 Å². The average molecular weight is 730 g/mol. The second kappa shape index (κ2) is 19.6. The first-order valence-electron chi connectivity index (χ1n) is 18.1. The Morgan fingerprint density at radius 1 is 0.865 bits per heavy atom. The molecule has 3 N–H and O–H groups in total. The number of aromatic hydroxyl groups is 1. The fourth-order valence-corrected chi connectivity index (χ4v) is 7.90. The summed E-state index contributed by atoms with van der Waals surface area (Å²) in [6.07, 6.45) is 3.26. The van der Waals surface area contributed by atoms with Gasteiger partial charge in [0.15, 0.2) is 0 Å². The minimum absolute atomic E-state index is 0.171. The number of phenols is 1. The molecule has 0 aromatic heterocycles. The zero-order chi connectivity index (χ0) is 38.6. The molecule has 3 aromatic carbocycles. The van der Waals surface area contributed by atoms with Gasteiger partial charge in [-0.1, -0.05) is 81.9 Å². The summed E-state index contributed by atoms with van der Waals surface area (Å²) in [4.78, 5) is 44.2. The van der Waals surface area contributed by atoms with Crippen LogP contribution in [-0.2, 0) is 9.59 Å². The summed E-state index contributed by atoms with van der Waals surface area (Å²) >= 11 is 1.87. The van der Waals surface area contributed by atoms with E-state index in [0.717, 1.165) is 19.5 Å². The van der Waals surface area contributed by atoms with E-state index < -0.39 is 23.3 Å². The highest BCUT2D eigenvalue weighted by atomic mass is 32.2. The number of para-hydroxylation sites is 2. The minimum atomic E-state index is -1.19. The van der Waals surface area contributed by atoms with Gasteiger partial charge in [0.25, 0.3) is 0 Å². The van der Waals surface area contributed by atoms with E-state index in [0.29, 0.717) is 30.0 Å². The number of anilines is 2. The number of hydrogen-bond acceptors (Lipinski definition) is 8. The monoisotopic (exact) mass is 729 g/mol. The van der Waals surface area contributed by atoms with Crippen LogP contribution in [0.15, 0.2) is 95.2 Å². The van der Waals surface area contributed by atoms with E-state index in [1.165, 1.54) is 32.8 Å². The quantitative estimate of drug-likeness (QED) is 0.126. The number of allylic oxidation sites excluding steroid dienone is 1. The van der Waals surface area contributed by atoms with E-state index in [1.807, 2.05) is 37.7 Å². The van der Waals surface area contributed by atoms with Crippen LogP contribution < -0.4 is 15.5 Å². The Balaban J connectivity index is 0.000000213. The minimum Gasteiger partial charge on any atom is -0.508 e. The lowest BCUT2D eigenvalue weighted by molar-refractivity contribution is -0.145. The highest BCUT2D eigenvalue weighted by Gasteiger charge is 2.49. The van der Waals surface area contributed by atoms with Gasteiger partial charge in [-0.15, -0.1) is 6.58 Å². The summed E-state index contributed by atoms with van der Waals surface area (Å²) in [5.74, 6) is 0.596. The summed E-state index contributed by atoms with van der Waals surface area (Å²) in [6.45, 7) is 16.2. The molecule has 0 aliphatic carbocycles. The normalized spacial score (nSPS) is 16.3. The molecule has 0 bridgehead atoms. The third-order valence-electron chi connectivity index (χ3n) is 9.51. The van der Waals surface area contributed by atoms with Crippen molar-refractivity contribution in [2.75, 3.05) is 46.2 Å². The number of phenolic OH excluding ortho intramolecular Hbond substituents is 1. The van der Waals surface area contributed by atoms with E-state index >= 15 is 0 Å². The Bertz CT molecular complexity index is 1590. The molecule has 1 fully saturated rings. The SMILES string of the molecule is C=CCC1(CC(C)C)C(=O)NC(=O)NC1=O.CC(CN1c2ccccc2Sc2ccccc21)N(C)C.CC[C@@H](c1cccc(O)c1)[C@@H](C)CN(C)C. The van der Waals surface area contributed by atoms with Gasteiger partial charge in [0.05, 0.1) is 11.4 Å². The van der Waals surface area contributed by atoms with Crippen LogP contribution in [0.25, 0.3) is 0 Å². The summed E-state index contributed by atoms with van der Waals surface area (Å²) in [7, 11) is 8.49. The van der Waals surface area contributed by atoms with Crippen molar-refractivity contribution >= 4 is 41.0 Å². The first-order chi connectivity index (χ1) is 24.6. The van der Waals surface area contributed by atoms with Gasteiger partial charge in [-0.25, -0.2) is 4.79 Å². The number of hydrogen-bond donors (Lipinski definition) is 3. The van der Waals surface area contributed by atoms with Gasteiger partial charge >= 0.3 is 6.03 Å². The van der Waals surface area contributed by atoms with Crippen LogP contribution in [-0.4, -0.2) is 80.1 Å². The van der Waals surface area contributed by atoms with Gasteiger partial charge < -0.3 is 19.8 Å². The number of rotatable bonds is 12.